The molecule has 1 aliphatic carbocycles. The molecule has 0 spiro atoms. The molecular formula is C25H38N2. The molecule has 0 N–H and O–H groups in total. The van der Waals surface area contributed by atoms with Crippen molar-refractivity contribution in [1.82, 2.24) is 9.88 Å². The van der Waals surface area contributed by atoms with Crippen molar-refractivity contribution in [2.24, 2.45) is 11.8 Å². The van der Waals surface area contributed by atoms with Crippen LogP contribution in [0.25, 0.3) is 11.1 Å². The van der Waals surface area contributed by atoms with Gasteiger partial charge in [-0.1, -0.05) is 38.3 Å². The Morgan fingerprint density at radius 3 is 2.48 bits per heavy atom. The van der Waals surface area contributed by atoms with E-state index in [1.807, 2.05) is 0 Å². The molecule has 1 fully saturated rings. The molecule has 148 valence electrons. The summed E-state index contributed by atoms with van der Waals surface area (Å²) in [5.74, 6) is 1.77. The van der Waals surface area contributed by atoms with Crippen molar-refractivity contribution in [1.29, 1.82) is 0 Å². The Hall–Kier alpha value is -1.41. The van der Waals surface area contributed by atoms with Crippen molar-refractivity contribution in [3.8, 4) is 0 Å². The van der Waals surface area contributed by atoms with Crippen LogP contribution in [-0.2, 0) is 0 Å². The molecule has 1 aromatic heterocycles. The van der Waals surface area contributed by atoms with E-state index in [9.17, 15) is 0 Å². The summed E-state index contributed by atoms with van der Waals surface area (Å²) in [5, 5.41) is 0. The van der Waals surface area contributed by atoms with Crippen molar-refractivity contribution >= 4 is 11.1 Å². The number of nitrogens with zero attached hydrogens (tertiary/aromatic N) is 2. The molecule has 3 rings (SSSR count). The fourth-order valence-corrected chi connectivity index (χ4v) is 5.06. The lowest BCUT2D eigenvalue weighted by molar-refractivity contribution is 0.294. The first-order valence-electron chi connectivity index (χ1n) is 11.0. The van der Waals surface area contributed by atoms with Crippen molar-refractivity contribution < 1.29 is 0 Å². The zero-order chi connectivity index (χ0) is 19.6. The molecule has 0 aromatic carbocycles. The molecule has 2 heteroatoms. The smallest absolute Gasteiger partial charge is 0.0448 e. The minimum Gasteiger partial charge on any atom is -0.296 e. The van der Waals surface area contributed by atoms with Crippen LogP contribution in [0, 0.1) is 18.8 Å². The highest BCUT2D eigenvalue weighted by atomic mass is 15.1. The lowest BCUT2D eigenvalue weighted by atomic mass is 9.78. The third kappa shape index (κ3) is 4.54. The summed E-state index contributed by atoms with van der Waals surface area (Å²) in [6, 6.07) is 2.91. The molecule has 2 nitrogen and oxygen atoms in total. The first-order chi connectivity index (χ1) is 12.9. The second kappa shape index (κ2) is 8.73. The normalized spacial score (nSPS) is 27.5. The summed E-state index contributed by atoms with van der Waals surface area (Å²) in [6.07, 6.45) is 12.5. The van der Waals surface area contributed by atoms with E-state index in [1.165, 1.54) is 65.6 Å². The Kier molecular flexibility index (Phi) is 6.57. The Morgan fingerprint density at radius 2 is 1.89 bits per heavy atom. The molecule has 2 heterocycles. The Bertz CT molecular complexity index is 720. The lowest BCUT2D eigenvalue weighted by Crippen LogP contribution is -2.24. The Morgan fingerprint density at radius 1 is 1.19 bits per heavy atom. The van der Waals surface area contributed by atoms with Gasteiger partial charge >= 0.3 is 0 Å². The largest absolute Gasteiger partial charge is 0.296 e. The van der Waals surface area contributed by atoms with Crippen LogP contribution in [0.2, 0.25) is 0 Å². The van der Waals surface area contributed by atoms with Crippen LogP contribution in [0.4, 0.5) is 0 Å². The predicted molar refractivity (Wildman–Crippen MR) is 118 cm³/mol. The van der Waals surface area contributed by atoms with Gasteiger partial charge in [0.2, 0.25) is 0 Å². The van der Waals surface area contributed by atoms with Gasteiger partial charge in [-0.15, -0.1) is 0 Å². The van der Waals surface area contributed by atoms with E-state index in [4.69, 9.17) is 4.98 Å². The summed E-state index contributed by atoms with van der Waals surface area (Å²) >= 11 is 0. The van der Waals surface area contributed by atoms with E-state index in [-0.39, 0.29) is 0 Å². The van der Waals surface area contributed by atoms with Gasteiger partial charge in [0.05, 0.1) is 0 Å². The van der Waals surface area contributed by atoms with Gasteiger partial charge in [-0.25, -0.2) is 0 Å². The second-order valence-corrected chi connectivity index (χ2v) is 9.11. The van der Waals surface area contributed by atoms with Crippen molar-refractivity contribution in [3.63, 3.8) is 0 Å². The van der Waals surface area contributed by atoms with Crippen LogP contribution in [0.1, 0.15) is 83.0 Å². The van der Waals surface area contributed by atoms with E-state index in [2.05, 4.69) is 64.9 Å². The van der Waals surface area contributed by atoms with Crippen molar-refractivity contribution in [2.75, 3.05) is 13.6 Å². The van der Waals surface area contributed by atoms with Crippen LogP contribution in [0.3, 0.4) is 0 Å². The van der Waals surface area contributed by atoms with Gasteiger partial charge in [0.15, 0.2) is 0 Å². The Labute approximate surface area is 166 Å². The molecule has 0 bridgehead atoms. The van der Waals surface area contributed by atoms with Crippen molar-refractivity contribution in [2.45, 2.75) is 79.2 Å². The second-order valence-electron chi connectivity index (χ2n) is 9.11. The first kappa shape index (κ1) is 20.3. The van der Waals surface area contributed by atoms with Gasteiger partial charge in [-0.2, -0.15) is 0 Å². The molecule has 0 saturated heterocycles. The third-order valence-corrected chi connectivity index (χ3v) is 6.86. The highest BCUT2D eigenvalue weighted by Gasteiger charge is 2.26. The fourth-order valence-electron chi connectivity index (χ4n) is 5.06. The molecule has 1 unspecified atom stereocenters. The third-order valence-electron chi connectivity index (χ3n) is 6.86. The number of hydrogen-bond acceptors (Lipinski definition) is 2. The SMILES string of the molecule is CC/C=C(/CC1CCC(C)CC1)c1cc(C2=C(C)CN(C)C2C)cnc1C. The zero-order valence-electron chi connectivity index (χ0n) is 18.3. The highest BCUT2D eigenvalue weighted by molar-refractivity contribution is 5.77. The van der Waals surface area contributed by atoms with Gasteiger partial charge < -0.3 is 0 Å². The Balaban J connectivity index is 1.89. The molecule has 27 heavy (non-hydrogen) atoms. The summed E-state index contributed by atoms with van der Waals surface area (Å²) in [6.45, 7) is 12.5. The summed E-state index contributed by atoms with van der Waals surface area (Å²) in [4.78, 5) is 7.26. The quantitative estimate of drug-likeness (QED) is 0.590. The minimum atomic E-state index is 0.473. The van der Waals surface area contributed by atoms with E-state index < -0.39 is 0 Å². The average Bonchev–Trinajstić information content (AvgIpc) is 2.89. The van der Waals surface area contributed by atoms with Crippen LogP contribution in [-0.4, -0.2) is 29.5 Å². The van der Waals surface area contributed by atoms with Gasteiger partial charge in [0.1, 0.15) is 0 Å². The number of hydrogen-bond donors (Lipinski definition) is 0. The van der Waals surface area contributed by atoms with Gasteiger partial charge in [-0.3, -0.25) is 9.88 Å². The summed E-state index contributed by atoms with van der Waals surface area (Å²) in [7, 11) is 2.22. The maximum atomic E-state index is 4.83. The highest BCUT2D eigenvalue weighted by Crippen LogP contribution is 2.37. The average molecular weight is 367 g/mol. The first-order valence-corrected chi connectivity index (χ1v) is 11.0. The number of rotatable bonds is 5. The molecule has 0 amide bonds. The van der Waals surface area contributed by atoms with Gasteiger partial charge in [0, 0.05) is 24.5 Å². The maximum Gasteiger partial charge on any atom is 0.0448 e. The predicted octanol–water partition coefficient (Wildman–Crippen LogP) is 6.51. The van der Waals surface area contributed by atoms with E-state index in [1.54, 1.807) is 0 Å². The number of allylic oxidation sites excluding steroid dienone is 2. The van der Waals surface area contributed by atoms with Crippen LogP contribution in [0.5, 0.6) is 0 Å². The number of aromatic nitrogens is 1. The molecule has 1 aromatic rings. The van der Waals surface area contributed by atoms with E-state index >= 15 is 0 Å². The fraction of sp³-hybridized carbons (Fsp3) is 0.640. The number of likely N-dealkylation sites (N-methyl/N-ethyl adjacent to an activating group) is 1. The van der Waals surface area contributed by atoms with Crippen LogP contribution >= 0.6 is 0 Å². The van der Waals surface area contributed by atoms with E-state index in [0.29, 0.717) is 6.04 Å². The summed E-state index contributed by atoms with van der Waals surface area (Å²) < 4.78 is 0. The van der Waals surface area contributed by atoms with Crippen molar-refractivity contribution in [3.05, 3.63) is 40.7 Å². The molecule has 1 saturated carbocycles. The number of pyridine rings is 1. The molecular weight excluding hydrogens is 328 g/mol. The zero-order valence-corrected chi connectivity index (χ0v) is 18.3. The topological polar surface area (TPSA) is 16.1 Å². The van der Waals surface area contributed by atoms with E-state index in [0.717, 1.165) is 24.8 Å². The number of aryl methyl sites for hydroxylation is 1. The molecule has 2 aliphatic rings. The molecule has 1 atom stereocenters. The molecule has 0 radical (unpaired) electrons. The minimum absolute atomic E-state index is 0.473. The standard InChI is InChI=1S/C25H38N2/c1-7-8-22(13-21-11-9-17(2)10-12-21)24-14-23(15-26-19(24)4)25-18(3)16-27(6)20(25)5/h8,14-15,17,20-21H,7,9-13,16H2,1-6H3/b22-8-. The monoisotopic (exact) mass is 366 g/mol. The van der Waals surface area contributed by atoms with Gasteiger partial charge in [-0.05, 0) is 93.7 Å². The lowest BCUT2D eigenvalue weighted by Gasteiger charge is -2.27. The van der Waals surface area contributed by atoms with Gasteiger partial charge in [0.25, 0.3) is 0 Å². The van der Waals surface area contributed by atoms with Crippen LogP contribution < -0.4 is 0 Å². The maximum absolute atomic E-state index is 4.83. The summed E-state index contributed by atoms with van der Waals surface area (Å²) in [5.41, 5.74) is 8.39. The molecule has 1 aliphatic heterocycles. The van der Waals surface area contributed by atoms with Crippen LogP contribution in [0.15, 0.2) is 23.9 Å².